The van der Waals surface area contributed by atoms with E-state index in [4.69, 9.17) is 4.74 Å². The van der Waals surface area contributed by atoms with Gasteiger partial charge in [-0.15, -0.1) is 0 Å². The Labute approximate surface area is 443 Å². The summed E-state index contributed by atoms with van der Waals surface area (Å²) in [6.45, 7) is 4.92. The molecule has 71 heavy (non-hydrogen) atoms. The minimum atomic E-state index is -0.845. The summed E-state index contributed by atoms with van der Waals surface area (Å²) in [5, 5.41) is 23.2. The molecule has 6 nitrogen and oxygen atoms in total. The summed E-state index contributed by atoms with van der Waals surface area (Å²) in [4.78, 5) is 24.6. The van der Waals surface area contributed by atoms with Crippen LogP contribution in [0.15, 0.2) is 24.3 Å². The third kappa shape index (κ3) is 57.5. The minimum Gasteiger partial charge on any atom is -0.466 e. The second-order valence-electron chi connectivity index (χ2n) is 22.1. The normalized spacial score (nSPS) is 12.7. The third-order valence-corrected chi connectivity index (χ3v) is 15.0. The first-order chi connectivity index (χ1) is 35.0. The van der Waals surface area contributed by atoms with Crippen LogP contribution < -0.4 is 5.32 Å². The van der Waals surface area contributed by atoms with Crippen molar-refractivity contribution in [3.63, 3.8) is 0 Å². The second kappa shape index (κ2) is 60.9. The van der Waals surface area contributed by atoms with Gasteiger partial charge < -0.3 is 20.3 Å². The zero-order valence-corrected chi connectivity index (χ0v) is 48.0. The molecule has 3 N–H and O–H groups in total. The molecule has 0 heterocycles. The van der Waals surface area contributed by atoms with Crippen LogP contribution in [0.1, 0.15) is 354 Å². The molecule has 420 valence electrons. The van der Waals surface area contributed by atoms with Gasteiger partial charge in [0.25, 0.3) is 0 Å². The van der Waals surface area contributed by atoms with E-state index >= 15 is 0 Å². The molecule has 6 heteroatoms. The first-order valence-corrected chi connectivity index (χ1v) is 32.1. The number of hydrogen-bond acceptors (Lipinski definition) is 5. The van der Waals surface area contributed by atoms with E-state index in [1.165, 1.54) is 283 Å². The summed E-state index contributed by atoms with van der Waals surface area (Å²) in [5.41, 5.74) is 0. The van der Waals surface area contributed by atoms with Crippen LogP contribution >= 0.6 is 0 Å². The zero-order valence-electron chi connectivity index (χ0n) is 48.0. The monoisotopic (exact) mass is 1000 g/mol. The lowest BCUT2D eigenvalue weighted by atomic mass is 10.0. The first kappa shape index (κ1) is 69.3. The Morgan fingerprint density at radius 3 is 1.00 bits per heavy atom. The fourth-order valence-electron chi connectivity index (χ4n) is 10.0. The highest BCUT2D eigenvalue weighted by Gasteiger charge is 2.18. The predicted molar refractivity (Wildman–Crippen MR) is 310 cm³/mol. The number of amides is 1. The van der Waals surface area contributed by atoms with Crippen molar-refractivity contribution in [3.8, 4) is 0 Å². The molecule has 0 spiro atoms. The molecule has 2 unspecified atom stereocenters. The zero-order chi connectivity index (χ0) is 51.4. The van der Waals surface area contributed by atoms with Crippen LogP contribution in [-0.4, -0.2) is 47.4 Å². The van der Waals surface area contributed by atoms with Crippen LogP contribution in [-0.2, 0) is 14.3 Å². The van der Waals surface area contributed by atoms with Crippen LogP contribution in [0, 0.1) is 0 Å². The average molecular weight is 1000 g/mol. The van der Waals surface area contributed by atoms with Gasteiger partial charge in [0.2, 0.25) is 5.91 Å². The summed E-state index contributed by atoms with van der Waals surface area (Å²) in [6.07, 6.45) is 75.1. The number of allylic oxidation sites excluding steroid dienone is 3. The van der Waals surface area contributed by atoms with E-state index in [2.05, 4.69) is 31.3 Å². The van der Waals surface area contributed by atoms with Gasteiger partial charge in [-0.25, -0.2) is 0 Å². The standard InChI is InChI=1S/C65H125NO5/c1-3-5-7-9-11-13-15-17-19-20-26-30-33-37-41-45-49-53-57-63(68)62(61-67)66-64(69)58-54-50-46-42-38-34-31-27-24-22-21-23-25-28-32-36-40-44-48-52-56-60-71-65(70)59-55-51-47-43-39-35-29-18-16-14-12-10-8-6-4-2/h18,29,53,57,62-63,67-68H,3-17,19-28,30-52,54-56,58-61H2,1-2H3,(H,66,69)/b29-18-,57-53+. The molecule has 0 aliphatic rings. The Hall–Kier alpha value is -1.66. The molecule has 0 rings (SSSR count). The van der Waals surface area contributed by atoms with Gasteiger partial charge in [-0.2, -0.15) is 0 Å². The second-order valence-corrected chi connectivity index (χ2v) is 22.1. The highest BCUT2D eigenvalue weighted by atomic mass is 16.5. The quantitative estimate of drug-likeness (QED) is 0.0320. The average Bonchev–Trinajstić information content (AvgIpc) is 3.37. The molecule has 0 fully saturated rings. The van der Waals surface area contributed by atoms with Gasteiger partial charge in [-0.05, 0) is 57.8 Å². The Balaban J connectivity index is 3.41. The summed E-state index contributed by atoms with van der Waals surface area (Å²) < 4.78 is 5.48. The maximum atomic E-state index is 12.5. The largest absolute Gasteiger partial charge is 0.466 e. The molecule has 0 aliphatic heterocycles. The van der Waals surface area contributed by atoms with E-state index in [1.54, 1.807) is 6.08 Å². The van der Waals surface area contributed by atoms with Gasteiger partial charge in [0, 0.05) is 12.8 Å². The van der Waals surface area contributed by atoms with E-state index in [0.717, 1.165) is 44.9 Å². The Morgan fingerprint density at radius 2 is 0.662 bits per heavy atom. The van der Waals surface area contributed by atoms with Crippen LogP contribution in [0.2, 0.25) is 0 Å². The van der Waals surface area contributed by atoms with Crippen LogP contribution in [0.4, 0.5) is 0 Å². The van der Waals surface area contributed by atoms with E-state index in [9.17, 15) is 19.8 Å². The molecule has 0 aromatic carbocycles. The topological polar surface area (TPSA) is 95.9 Å². The van der Waals surface area contributed by atoms with Crippen molar-refractivity contribution in [2.24, 2.45) is 0 Å². The number of ether oxygens (including phenoxy) is 1. The van der Waals surface area contributed by atoms with Crippen molar-refractivity contribution >= 4 is 11.9 Å². The van der Waals surface area contributed by atoms with Crippen molar-refractivity contribution in [2.75, 3.05) is 13.2 Å². The number of esters is 1. The molecule has 0 radical (unpaired) electrons. The van der Waals surface area contributed by atoms with E-state index < -0.39 is 12.1 Å². The summed E-state index contributed by atoms with van der Waals surface area (Å²) in [5.74, 6) is -0.0623. The maximum Gasteiger partial charge on any atom is 0.305 e. The number of carbonyl (C=O) groups is 2. The molecular weight excluding hydrogens is 875 g/mol. The Morgan fingerprint density at radius 1 is 0.380 bits per heavy atom. The summed E-state index contributed by atoms with van der Waals surface area (Å²) in [7, 11) is 0. The van der Waals surface area contributed by atoms with Gasteiger partial charge in [-0.3, -0.25) is 9.59 Å². The Kier molecular flexibility index (Phi) is 59.5. The smallest absolute Gasteiger partial charge is 0.305 e. The molecule has 0 saturated heterocycles. The fraction of sp³-hybridized carbons (Fsp3) is 0.908. The van der Waals surface area contributed by atoms with Gasteiger partial charge in [0.15, 0.2) is 0 Å². The molecule has 0 bridgehead atoms. The number of aliphatic hydroxyl groups is 2. The Bertz CT molecular complexity index is 1110. The summed E-state index contributed by atoms with van der Waals surface area (Å²) in [6, 6.07) is -0.629. The molecular formula is C65H125NO5. The minimum absolute atomic E-state index is 0.00398. The molecule has 0 aromatic rings. The van der Waals surface area contributed by atoms with Crippen LogP contribution in [0.3, 0.4) is 0 Å². The third-order valence-electron chi connectivity index (χ3n) is 15.0. The van der Waals surface area contributed by atoms with Gasteiger partial charge in [0.05, 0.1) is 25.4 Å². The maximum absolute atomic E-state index is 12.5. The first-order valence-electron chi connectivity index (χ1n) is 32.1. The molecule has 1 amide bonds. The number of aliphatic hydroxyl groups excluding tert-OH is 2. The van der Waals surface area contributed by atoms with Crippen LogP contribution in [0.25, 0.3) is 0 Å². The number of hydrogen-bond donors (Lipinski definition) is 3. The highest BCUT2D eigenvalue weighted by molar-refractivity contribution is 5.76. The molecule has 0 aliphatic carbocycles. The number of nitrogens with one attached hydrogen (secondary N) is 1. The van der Waals surface area contributed by atoms with Crippen molar-refractivity contribution < 1.29 is 24.5 Å². The lowest BCUT2D eigenvalue weighted by Gasteiger charge is -2.20. The van der Waals surface area contributed by atoms with E-state index in [1.807, 2.05) is 6.08 Å². The lowest BCUT2D eigenvalue weighted by Crippen LogP contribution is -2.45. The SMILES string of the molecule is CCCCCCCC/C=C\CCCCCCCC(=O)OCCCCCCCCCCCCCCCCCCCCCCCC(=O)NC(CO)C(O)/C=C/CCCCCCCCCCCCCCCCCC. The number of rotatable bonds is 60. The lowest BCUT2D eigenvalue weighted by molar-refractivity contribution is -0.143. The predicted octanol–water partition coefficient (Wildman–Crippen LogP) is 20.2. The molecule has 2 atom stereocenters. The van der Waals surface area contributed by atoms with Gasteiger partial charge in [-0.1, -0.05) is 308 Å². The van der Waals surface area contributed by atoms with Crippen molar-refractivity contribution in [1.29, 1.82) is 0 Å². The van der Waals surface area contributed by atoms with Gasteiger partial charge in [0.1, 0.15) is 0 Å². The van der Waals surface area contributed by atoms with E-state index in [-0.39, 0.29) is 18.5 Å². The highest BCUT2D eigenvalue weighted by Crippen LogP contribution is 2.18. The van der Waals surface area contributed by atoms with Gasteiger partial charge >= 0.3 is 5.97 Å². The number of unbranched alkanes of at least 4 members (excludes halogenated alkanes) is 47. The van der Waals surface area contributed by atoms with Crippen molar-refractivity contribution in [3.05, 3.63) is 24.3 Å². The number of carbonyl (C=O) groups excluding carboxylic acids is 2. The van der Waals surface area contributed by atoms with Crippen LogP contribution in [0.5, 0.6) is 0 Å². The fourth-order valence-corrected chi connectivity index (χ4v) is 10.0. The van der Waals surface area contributed by atoms with Crippen molar-refractivity contribution in [1.82, 2.24) is 5.32 Å². The van der Waals surface area contributed by atoms with E-state index in [0.29, 0.717) is 19.4 Å². The molecule has 0 aromatic heterocycles. The summed E-state index contributed by atoms with van der Waals surface area (Å²) >= 11 is 0. The molecule has 0 saturated carbocycles. The van der Waals surface area contributed by atoms with Crippen molar-refractivity contribution in [2.45, 2.75) is 366 Å².